The maximum absolute atomic E-state index is 13.0. The van der Waals surface area contributed by atoms with E-state index in [1.54, 1.807) is 6.92 Å². The van der Waals surface area contributed by atoms with Gasteiger partial charge in [-0.25, -0.2) is 14.4 Å². The first-order valence-corrected chi connectivity index (χ1v) is 10.9. The molecule has 1 fully saturated rings. The number of esters is 3. The van der Waals surface area contributed by atoms with Crippen molar-refractivity contribution in [1.29, 1.82) is 0 Å². The van der Waals surface area contributed by atoms with Crippen molar-refractivity contribution in [2.75, 3.05) is 19.8 Å². The maximum atomic E-state index is 13.0. The molecule has 0 radical (unpaired) electrons. The molecule has 0 unspecified atom stereocenters. The molecule has 0 bridgehead atoms. The molecular formula is C25H30O8. The third-order valence-corrected chi connectivity index (χ3v) is 6.55. The van der Waals surface area contributed by atoms with Gasteiger partial charge in [0.1, 0.15) is 18.8 Å². The van der Waals surface area contributed by atoms with Crippen LogP contribution in [0.1, 0.15) is 33.6 Å². The third-order valence-electron chi connectivity index (χ3n) is 6.55. The van der Waals surface area contributed by atoms with Crippen LogP contribution >= 0.6 is 0 Å². The lowest BCUT2D eigenvalue weighted by molar-refractivity contribution is -0.149. The van der Waals surface area contributed by atoms with Crippen LogP contribution in [-0.2, 0) is 28.6 Å². The Morgan fingerprint density at radius 1 is 1.24 bits per heavy atom. The summed E-state index contributed by atoms with van der Waals surface area (Å²) in [6, 6.07) is 0. The average molecular weight is 459 g/mol. The number of allylic oxidation sites excluding steroid dienone is 2. The Balaban J connectivity index is 1.77. The Morgan fingerprint density at radius 3 is 2.61 bits per heavy atom. The SMILES string of the molecule is C=C1C(=O)O[C@@H]2[C@H]3C(C)=CCC3=C(C)C[C@@H](OC(=O)/C(=C/C)COC(=O)/C(=C/CO)CO)[C@@H]12. The summed E-state index contributed by atoms with van der Waals surface area (Å²) in [6.07, 6.45) is 4.85. The van der Waals surface area contributed by atoms with E-state index >= 15 is 0 Å². The van der Waals surface area contributed by atoms with E-state index in [4.69, 9.17) is 19.3 Å². The minimum absolute atomic E-state index is 0.0424. The van der Waals surface area contributed by atoms with Crippen molar-refractivity contribution in [1.82, 2.24) is 0 Å². The molecule has 0 aromatic carbocycles. The summed E-state index contributed by atoms with van der Waals surface area (Å²) in [7, 11) is 0. The lowest BCUT2D eigenvalue weighted by atomic mass is 9.82. The highest BCUT2D eigenvalue weighted by Gasteiger charge is 2.52. The minimum Gasteiger partial charge on any atom is -0.458 e. The second-order valence-electron chi connectivity index (χ2n) is 8.46. The summed E-state index contributed by atoms with van der Waals surface area (Å²) in [5.41, 5.74) is 3.72. The standard InChI is InChI=1S/C25H30O8/c1-5-16(12-31-24(29)17(11-27)8-9-26)25(30)32-19-10-14(3)18-7-6-13(2)20(18)22-21(19)15(4)23(28)33-22/h5-6,8,19-22,26-27H,4,7,9-12H2,1-3H3/b16-5+,17-8+/t19-,20+,21-,22-/m1/s1. The number of hydrogen-bond donors (Lipinski definition) is 2. The number of carbonyl (C=O) groups is 3. The molecule has 0 aromatic rings. The molecule has 178 valence electrons. The largest absolute Gasteiger partial charge is 0.458 e. The normalized spacial score (nSPS) is 27.5. The molecule has 33 heavy (non-hydrogen) atoms. The van der Waals surface area contributed by atoms with Crippen molar-refractivity contribution in [2.45, 2.75) is 45.8 Å². The monoisotopic (exact) mass is 458 g/mol. The number of carbonyl (C=O) groups excluding carboxylic acids is 3. The fraction of sp³-hybridized carbons (Fsp3) is 0.480. The smallest absolute Gasteiger partial charge is 0.337 e. The maximum Gasteiger partial charge on any atom is 0.337 e. The second-order valence-corrected chi connectivity index (χ2v) is 8.46. The molecular weight excluding hydrogens is 428 g/mol. The van der Waals surface area contributed by atoms with E-state index in [1.165, 1.54) is 11.6 Å². The molecule has 1 aliphatic heterocycles. The lowest BCUT2D eigenvalue weighted by Gasteiger charge is -2.28. The van der Waals surface area contributed by atoms with Crippen molar-refractivity contribution in [2.24, 2.45) is 11.8 Å². The van der Waals surface area contributed by atoms with Crippen LogP contribution in [0.25, 0.3) is 0 Å². The van der Waals surface area contributed by atoms with E-state index in [0.29, 0.717) is 12.0 Å². The van der Waals surface area contributed by atoms with Gasteiger partial charge in [-0.3, -0.25) is 0 Å². The van der Waals surface area contributed by atoms with Gasteiger partial charge < -0.3 is 24.4 Å². The molecule has 2 N–H and O–H groups in total. The predicted molar refractivity (Wildman–Crippen MR) is 119 cm³/mol. The van der Waals surface area contributed by atoms with Crippen molar-refractivity contribution in [3.63, 3.8) is 0 Å². The summed E-state index contributed by atoms with van der Waals surface area (Å²) in [6.45, 7) is 8.16. The van der Waals surface area contributed by atoms with E-state index in [2.05, 4.69) is 12.7 Å². The van der Waals surface area contributed by atoms with E-state index in [9.17, 15) is 19.5 Å². The number of fused-ring (bicyclic) bond motifs is 3. The van der Waals surface area contributed by atoms with E-state index in [1.807, 2.05) is 13.8 Å². The molecule has 0 spiro atoms. The Labute approximate surface area is 192 Å². The topological polar surface area (TPSA) is 119 Å². The number of aliphatic hydroxyl groups excluding tert-OH is 2. The summed E-state index contributed by atoms with van der Waals surface area (Å²) < 4.78 is 16.6. The average Bonchev–Trinajstić information content (AvgIpc) is 3.27. The van der Waals surface area contributed by atoms with Gasteiger partial charge in [-0.1, -0.05) is 35.5 Å². The quantitative estimate of drug-likeness (QED) is 0.258. The summed E-state index contributed by atoms with van der Waals surface area (Å²) in [4.78, 5) is 37.4. The van der Waals surface area contributed by atoms with Gasteiger partial charge >= 0.3 is 17.9 Å². The fourth-order valence-electron chi connectivity index (χ4n) is 4.72. The van der Waals surface area contributed by atoms with Gasteiger partial charge in [-0.2, -0.15) is 0 Å². The van der Waals surface area contributed by atoms with Crippen LogP contribution in [0, 0.1) is 11.8 Å². The summed E-state index contributed by atoms with van der Waals surface area (Å²) in [5, 5.41) is 18.1. The fourth-order valence-corrected chi connectivity index (χ4v) is 4.72. The van der Waals surface area contributed by atoms with E-state index in [0.717, 1.165) is 23.6 Å². The lowest BCUT2D eigenvalue weighted by Crippen LogP contribution is -2.36. The highest BCUT2D eigenvalue weighted by molar-refractivity contribution is 5.93. The van der Waals surface area contributed by atoms with Crippen LogP contribution in [-0.4, -0.2) is 60.1 Å². The van der Waals surface area contributed by atoms with Gasteiger partial charge in [0.25, 0.3) is 0 Å². The number of ether oxygens (including phenoxy) is 3. The molecule has 2 aliphatic carbocycles. The van der Waals surface area contributed by atoms with Gasteiger partial charge in [0, 0.05) is 17.9 Å². The van der Waals surface area contributed by atoms with Gasteiger partial charge in [-0.05, 0) is 33.3 Å². The van der Waals surface area contributed by atoms with Crippen LogP contribution in [0.4, 0.5) is 0 Å². The van der Waals surface area contributed by atoms with Crippen LogP contribution < -0.4 is 0 Å². The number of rotatable bonds is 7. The molecule has 0 aromatic heterocycles. The highest BCUT2D eigenvalue weighted by atomic mass is 16.6. The summed E-state index contributed by atoms with van der Waals surface area (Å²) in [5.74, 6) is -2.51. The van der Waals surface area contributed by atoms with Gasteiger partial charge in [0.15, 0.2) is 0 Å². The number of hydrogen-bond acceptors (Lipinski definition) is 8. The molecule has 1 saturated heterocycles. The van der Waals surface area contributed by atoms with Crippen LogP contribution in [0.3, 0.4) is 0 Å². The van der Waals surface area contributed by atoms with Crippen molar-refractivity contribution in [3.8, 4) is 0 Å². The molecule has 3 aliphatic rings. The van der Waals surface area contributed by atoms with Crippen LogP contribution in [0.5, 0.6) is 0 Å². The molecule has 3 rings (SSSR count). The molecule has 0 amide bonds. The molecule has 8 nitrogen and oxygen atoms in total. The Morgan fingerprint density at radius 2 is 1.97 bits per heavy atom. The first-order valence-electron chi connectivity index (χ1n) is 10.9. The predicted octanol–water partition coefficient (Wildman–Crippen LogP) is 2.08. The van der Waals surface area contributed by atoms with Crippen molar-refractivity contribution >= 4 is 17.9 Å². The van der Waals surface area contributed by atoms with Gasteiger partial charge in [0.2, 0.25) is 0 Å². The molecule has 4 atom stereocenters. The summed E-state index contributed by atoms with van der Waals surface area (Å²) >= 11 is 0. The zero-order valence-corrected chi connectivity index (χ0v) is 19.1. The van der Waals surface area contributed by atoms with Gasteiger partial charge in [-0.15, -0.1) is 0 Å². The van der Waals surface area contributed by atoms with Crippen molar-refractivity contribution in [3.05, 3.63) is 58.2 Å². The Hall–Kier alpha value is -2.97. The van der Waals surface area contributed by atoms with E-state index in [-0.39, 0.29) is 23.7 Å². The first-order chi connectivity index (χ1) is 15.7. The number of aliphatic hydroxyl groups is 2. The first kappa shape index (κ1) is 24.7. The van der Waals surface area contributed by atoms with Crippen LogP contribution in [0.2, 0.25) is 0 Å². The highest BCUT2D eigenvalue weighted by Crippen LogP contribution is 2.49. The second kappa shape index (κ2) is 10.3. The molecule has 8 heteroatoms. The minimum atomic E-state index is -0.841. The van der Waals surface area contributed by atoms with Crippen molar-refractivity contribution < 1.29 is 38.8 Å². The Kier molecular flexibility index (Phi) is 7.71. The Bertz CT molecular complexity index is 980. The molecule has 1 heterocycles. The van der Waals surface area contributed by atoms with E-state index < -0.39 is 49.2 Å². The zero-order chi connectivity index (χ0) is 24.3. The zero-order valence-electron chi connectivity index (χ0n) is 19.1. The van der Waals surface area contributed by atoms with Gasteiger partial charge in [0.05, 0.1) is 30.3 Å². The third kappa shape index (κ3) is 4.86. The molecule has 0 saturated carbocycles. The van der Waals surface area contributed by atoms with Crippen LogP contribution in [0.15, 0.2) is 58.2 Å².